The number of ether oxygens (including phenoxy) is 1. The third-order valence-corrected chi connectivity index (χ3v) is 2.95. The molecule has 1 heterocycles. The Morgan fingerprint density at radius 3 is 2.64 bits per heavy atom. The van der Waals surface area contributed by atoms with E-state index in [9.17, 15) is 0 Å². The Labute approximate surface area is 86.2 Å². The van der Waals surface area contributed by atoms with Crippen LogP contribution in [0.4, 0.5) is 0 Å². The van der Waals surface area contributed by atoms with Gasteiger partial charge in [0, 0.05) is 31.8 Å². The highest BCUT2D eigenvalue weighted by Crippen LogP contribution is 2.12. The molecule has 1 fully saturated rings. The van der Waals surface area contributed by atoms with Gasteiger partial charge in [0.05, 0.1) is 6.61 Å². The zero-order valence-corrected chi connectivity index (χ0v) is 9.20. The minimum Gasteiger partial charge on any atom is -0.395 e. The Morgan fingerprint density at radius 1 is 1.50 bits per heavy atom. The fourth-order valence-electron chi connectivity index (χ4n) is 1.86. The number of nitrogens with zero attached hydrogens (tertiary/aromatic N) is 1. The molecule has 0 bridgehead atoms. The van der Waals surface area contributed by atoms with E-state index in [1.807, 2.05) is 7.05 Å². The van der Waals surface area contributed by atoms with E-state index in [0.29, 0.717) is 6.04 Å². The highest BCUT2D eigenvalue weighted by Gasteiger charge is 2.20. The molecule has 0 radical (unpaired) electrons. The maximum Gasteiger partial charge on any atom is 0.0597 e. The monoisotopic (exact) mass is 202 g/mol. The second-order valence-corrected chi connectivity index (χ2v) is 3.95. The molecule has 1 unspecified atom stereocenters. The van der Waals surface area contributed by atoms with Crippen LogP contribution in [0.3, 0.4) is 0 Å². The van der Waals surface area contributed by atoms with Crippen LogP contribution < -0.4 is 5.32 Å². The first-order valence-electron chi connectivity index (χ1n) is 5.34. The standard InChI is InChI=1S/C10H22N2O2/c1-11-9(8-13)7-12(2)10-3-5-14-6-4-10/h9-11,13H,3-8H2,1-2H3. The van der Waals surface area contributed by atoms with Gasteiger partial charge in [0.25, 0.3) is 0 Å². The number of hydrogen-bond acceptors (Lipinski definition) is 4. The Morgan fingerprint density at radius 2 is 2.14 bits per heavy atom. The molecule has 0 amide bonds. The molecule has 1 saturated heterocycles. The van der Waals surface area contributed by atoms with Crippen LogP contribution in [0, 0.1) is 0 Å². The van der Waals surface area contributed by atoms with E-state index < -0.39 is 0 Å². The summed E-state index contributed by atoms with van der Waals surface area (Å²) in [7, 11) is 4.01. The quantitative estimate of drug-likeness (QED) is 0.641. The van der Waals surface area contributed by atoms with E-state index in [4.69, 9.17) is 9.84 Å². The Bertz CT molecular complexity index is 145. The molecule has 84 valence electrons. The predicted octanol–water partition coefficient (Wildman–Crippen LogP) is -0.323. The maximum atomic E-state index is 9.06. The highest BCUT2D eigenvalue weighted by molar-refractivity contribution is 4.76. The van der Waals surface area contributed by atoms with E-state index >= 15 is 0 Å². The molecule has 0 aromatic heterocycles. The molecule has 2 N–H and O–H groups in total. The molecule has 0 aliphatic carbocycles. The van der Waals surface area contributed by atoms with Crippen molar-refractivity contribution in [3.05, 3.63) is 0 Å². The van der Waals surface area contributed by atoms with Crippen LogP contribution in [0.2, 0.25) is 0 Å². The number of hydrogen-bond donors (Lipinski definition) is 2. The minimum atomic E-state index is 0.183. The number of aliphatic hydroxyl groups excluding tert-OH is 1. The second-order valence-electron chi connectivity index (χ2n) is 3.95. The van der Waals surface area contributed by atoms with Gasteiger partial charge in [-0.05, 0) is 26.9 Å². The maximum absolute atomic E-state index is 9.06. The molecule has 0 aromatic carbocycles. The fraction of sp³-hybridized carbons (Fsp3) is 1.00. The van der Waals surface area contributed by atoms with Crippen molar-refractivity contribution in [3.8, 4) is 0 Å². The highest BCUT2D eigenvalue weighted by atomic mass is 16.5. The second kappa shape index (κ2) is 6.35. The molecule has 1 rings (SSSR count). The molecule has 0 aromatic rings. The molecule has 1 aliphatic heterocycles. The SMILES string of the molecule is CNC(CO)CN(C)C1CCOCC1. The van der Waals surface area contributed by atoms with Crippen molar-refractivity contribution in [1.82, 2.24) is 10.2 Å². The predicted molar refractivity (Wildman–Crippen MR) is 56.4 cm³/mol. The van der Waals surface area contributed by atoms with Gasteiger partial charge in [-0.15, -0.1) is 0 Å². The van der Waals surface area contributed by atoms with Crippen molar-refractivity contribution in [2.24, 2.45) is 0 Å². The van der Waals surface area contributed by atoms with Crippen LogP contribution in [-0.2, 0) is 4.74 Å². The van der Waals surface area contributed by atoms with Crippen LogP contribution in [0.1, 0.15) is 12.8 Å². The lowest BCUT2D eigenvalue weighted by molar-refractivity contribution is 0.0380. The van der Waals surface area contributed by atoms with Gasteiger partial charge in [0.2, 0.25) is 0 Å². The lowest BCUT2D eigenvalue weighted by Crippen LogP contribution is -2.45. The van der Waals surface area contributed by atoms with Gasteiger partial charge in [0.15, 0.2) is 0 Å². The number of likely N-dealkylation sites (N-methyl/N-ethyl adjacent to an activating group) is 2. The van der Waals surface area contributed by atoms with Gasteiger partial charge in [-0.1, -0.05) is 0 Å². The summed E-state index contributed by atoms with van der Waals surface area (Å²) in [5.74, 6) is 0. The number of rotatable bonds is 5. The molecule has 0 saturated carbocycles. The zero-order valence-electron chi connectivity index (χ0n) is 9.20. The summed E-state index contributed by atoms with van der Waals surface area (Å²) in [5.41, 5.74) is 0. The summed E-state index contributed by atoms with van der Waals surface area (Å²) in [6.07, 6.45) is 2.22. The van der Waals surface area contributed by atoms with Gasteiger partial charge in [-0.25, -0.2) is 0 Å². The summed E-state index contributed by atoms with van der Waals surface area (Å²) in [4.78, 5) is 2.32. The van der Waals surface area contributed by atoms with E-state index in [2.05, 4.69) is 17.3 Å². The van der Waals surface area contributed by atoms with Gasteiger partial charge < -0.3 is 20.1 Å². The summed E-state index contributed by atoms with van der Waals surface area (Å²) in [5, 5.41) is 12.2. The summed E-state index contributed by atoms with van der Waals surface area (Å²) < 4.78 is 5.32. The van der Waals surface area contributed by atoms with Gasteiger partial charge in [-0.3, -0.25) is 0 Å². The van der Waals surface area contributed by atoms with Crippen LogP contribution in [-0.4, -0.2) is 62.6 Å². The summed E-state index contributed by atoms with van der Waals surface area (Å²) >= 11 is 0. The van der Waals surface area contributed by atoms with Crippen LogP contribution >= 0.6 is 0 Å². The van der Waals surface area contributed by atoms with Crippen molar-refractivity contribution in [2.45, 2.75) is 24.9 Å². The lowest BCUT2D eigenvalue weighted by atomic mass is 10.1. The van der Waals surface area contributed by atoms with Gasteiger partial charge >= 0.3 is 0 Å². The van der Waals surface area contributed by atoms with E-state index in [1.165, 1.54) is 0 Å². The van der Waals surface area contributed by atoms with Crippen molar-refractivity contribution < 1.29 is 9.84 Å². The first-order chi connectivity index (χ1) is 6.77. The summed E-state index contributed by atoms with van der Waals surface area (Å²) in [6.45, 7) is 2.85. The molecule has 4 heteroatoms. The average Bonchev–Trinajstić information content (AvgIpc) is 2.26. The zero-order chi connectivity index (χ0) is 10.4. The Balaban J connectivity index is 2.27. The van der Waals surface area contributed by atoms with Crippen LogP contribution in [0.5, 0.6) is 0 Å². The Kier molecular flexibility index (Phi) is 5.40. The largest absolute Gasteiger partial charge is 0.395 e. The molecule has 14 heavy (non-hydrogen) atoms. The van der Waals surface area contributed by atoms with Crippen LogP contribution in [0.25, 0.3) is 0 Å². The molecular formula is C10H22N2O2. The number of nitrogens with one attached hydrogen (secondary N) is 1. The normalized spacial score (nSPS) is 21.4. The topological polar surface area (TPSA) is 44.7 Å². The lowest BCUT2D eigenvalue weighted by Gasteiger charge is -2.33. The van der Waals surface area contributed by atoms with E-state index in [-0.39, 0.29) is 12.6 Å². The molecular weight excluding hydrogens is 180 g/mol. The third kappa shape index (κ3) is 3.53. The van der Waals surface area contributed by atoms with Crippen molar-refractivity contribution in [1.29, 1.82) is 0 Å². The van der Waals surface area contributed by atoms with Crippen molar-refractivity contribution in [2.75, 3.05) is 40.5 Å². The average molecular weight is 202 g/mol. The van der Waals surface area contributed by atoms with E-state index in [1.54, 1.807) is 0 Å². The Hall–Kier alpha value is -0.160. The van der Waals surface area contributed by atoms with Gasteiger partial charge in [-0.2, -0.15) is 0 Å². The minimum absolute atomic E-state index is 0.183. The fourth-order valence-corrected chi connectivity index (χ4v) is 1.86. The summed E-state index contributed by atoms with van der Waals surface area (Å²) in [6, 6.07) is 0.800. The molecule has 4 nitrogen and oxygen atoms in total. The van der Waals surface area contributed by atoms with E-state index in [0.717, 1.165) is 32.6 Å². The van der Waals surface area contributed by atoms with Crippen LogP contribution in [0.15, 0.2) is 0 Å². The molecule has 0 spiro atoms. The third-order valence-electron chi connectivity index (χ3n) is 2.95. The molecule has 1 atom stereocenters. The number of aliphatic hydroxyl groups is 1. The van der Waals surface area contributed by atoms with Gasteiger partial charge in [0.1, 0.15) is 0 Å². The first kappa shape index (κ1) is 11.9. The molecule has 1 aliphatic rings. The van der Waals surface area contributed by atoms with Crippen molar-refractivity contribution >= 4 is 0 Å². The smallest absolute Gasteiger partial charge is 0.0597 e. The first-order valence-corrected chi connectivity index (χ1v) is 5.34. The van der Waals surface area contributed by atoms with Crippen molar-refractivity contribution in [3.63, 3.8) is 0 Å².